The molecule has 2 rings (SSSR count). The van der Waals surface area contributed by atoms with Gasteiger partial charge in [-0.1, -0.05) is 30.4 Å². The highest BCUT2D eigenvalue weighted by Crippen LogP contribution is 2.32. The van der Waals surface area contributed by atoms with Crippen LogP contribution >= 0.6 is 23.6 Å². The topological polar surface area (TPSA) is 72.6 Å². The van der Waals surface area contributed by atoms with Crippen LogP contribution in [0.5, 0.6) is 0 Å². The summed E-state index contributed by atoms with van der Waals surface area (Å²) in [6, 6.07) is 8.52. The van der Waals surface area contributed by atoms with Gasteiger partial charge in [-0.05, 0) is 29.8 Å². The van der Waals surface area contributed by atoms with E-state index in [0.29, 0.717) is 0 Å². The zero-order valence-corrected chi connectivity index (χ0v) is 12.9. The van der Waals surface area contributed by atoms with Gasteiger partial charge in [0.15, 0.2) is 0 Å². The second kappa shape index (κ2) is 6.64. The minimum Gasteiger partial charge on any atom is -0.349 e. The Hall–Kier alpha value is -1.99. The molecule has 21 heavy (non-hydrogen) atoms. The predicted octanol–water partition coefficient (Wildman–Crippen LogP) is 3.19. The quantitative estimate of drug-likeness (QED) is 0.693. The van der Waals surface area contributed by atoms with Crippen LogP contribution in [0, 0.1) is 0 Å². The maximum atomic E-state index is 11.5. The van der Waals surface area contributed by atoms with E-state index in [4.69, 9.17) is 10.6 Å². The Morgan fingerprint density at radius 3 is 2.81 bits per heavy atom. The summed E-state index contributed by atoms with van der Waals surface area (Å²) in [5.41, 5.74) is 5.29. The van der Waals surface area contributed by atoms with E-state index in [-0.39, 0.29) is 6.42 Å². The van der Waals surface area contributed by atoms with E-state index >= 15 is 0 Å². The smallest absolute Gasteiger partial charge is 0.348 e. The van der Waals surface area contributed by atoms with Crippen LogP contribution in [0.2, 0.25) is 0 Å². The maximum absolute atomic E-state index is 11.5. The molecular weight excluding hydrogens is 308 g/mol. The number of nitrogens with zero attached hydrogens (tertiary/aromatic N) is 1. The van der Waals surface area contributed by atoms with Gasteiger partial charge in [0.2, 0.25) is 0 Å². The molecule has 5 nitrogen and oxygen atoms in total. The van der Waals surface area contributed by atoms with Gasteiger partial charge in [-0.3, -0.25) is 0 Å². The molecule has 0 spiro atoms. The van der Waals surface area contributed by atoms with E-state index in [2.05, 4.69) is 12.2 Å². The molecule has 0 saturated carbocycles. The second-order valence-electron chi connectivity index (χ2n) is 4.36. The molecule has 2 aromatic rings. The number of carbonyl (C=O) groups is 2. The molecule has 0 radical (unpaired) electrons. The van der Waals surface area contributed by atoms with Crippen LogP contribution in [0.4, 0.5) is 4.79 Å². The van der Waals surface area contributed by atoms with Crippen molar-refractivity contribution in [3.8, 4) is 0 Å². The summed E-state index contributed by atoms with van der Waals surface area (Å²) in [6.07, 6.45) is -0.0573. The fraction of sp³-hybridized carbons (Fsp3) is 0.214. The lowest BCUT2D eigenvalue weighted by Crippen LogP contribution is -2.39. The molecule has 0 saturated heterocycles. The number of thiophene rings is 1. The van der Waals surface area contributed by atoms with E-state index in [1.807, 2.05) is 30.3 Å². The summed E-state index contributed by atoms with van der Waals surface area (Å²) < 4.78 is 1.09. The van der Waals surface area contributed by atoms with Crippen LogP contribution < -0.4 is 5.73 Å². The van der Waals surface area contributed by atoms with E-state index < -0.39 is 18.0 Å². The van der Waals surface area contributed by atoms with Crippen LogP contribution in [-0.2, 0) is 9.63 Å². The normalized spacial score (nSPS) is 11.9. The molecule has 110 valence electrons. The molecule has 1 unspecified atom stereocenters. The fourth-order valence-corrected chi connectivity index (χ4v) is 3.09. The van der Waals surface area contributed by atoms with Crippen molar-refractivity contribution in [2.24, 2.45) is 5.73 Å². The number of carbonyl (C=O) groups excluding carboxylic acids is 2. The van der Waals surface area contributed by atoms with E-state index in [1.54, 1.807) is 6.92 Å². The predicted molar refractivity (Wildman–Crippen MR) is 86.0 cm³/mol. The average molecular weight is 322 g/mol. The third-order valence-corrected chi connectivity index (χ3v) is 4.33. The molecule has 1 atom stereocenters. The largest absolute Gasteiger partial charge is 0.349 e. The highest BCUT2D eigenvalue weighted by atomic mass is 32.1. The third-order valence-electron chi connectivity index (χ3n) is 2.88. The first-order valence-electron chi connectivity index (χ1n) is 6.24. The van der Waals surface area contributed by atoms with Gasteiger partial charge in [0, 0.05) is 9.58 Å². The van der Waals surface area contributed by atoms with Crippen molar-refractivity contribution in [2.75, 3.05) is 0 Å². The Kier molecular flexibility index (Phi) is 4.87. The number of urea groups is 1. The lowest BCUT2D eigenvalue weighted by atomic mass is 10.2. The summed E-state index contributed by atoms with van der Waals surface area (Å²) >= 11 is 6.11. The Bertz CT molecular complexity index is 651. The van der Waals surface area contributed by atoms with Crippen molar-refractivity contribution < 1.29 is 14.4 Å². The number of amides is 2. The van der Waals surface area contributed by atoms with Gasteiger partial charge in [-0.25, -0.2) is 9.59 Å². The maximum Gasteiger partial charge on any atom is 0.348 e. The van der Waals surface area contributed by atoms with Gasteiger partial charge in [0.1, 0.15) is 6.04 Å². The molecule has 0 bridgehead atoms. The summed E-state index contributed by atoms with van der Waals surface area (Å²) in [6.45, 7) is 1.75. The van der Waals surface area contributed by atoms with Gasteiger partial charge in [-0.15, -0.1) is 16.4 Å². The van der Waals surface area contributed by atoms with Crippen LogP contribution in [0.15, 0.2) is 30.3 Å². The molecule has 2 N–H and O–H groups in total. The first-order valence-corrected chi connectivity index (χ1v) is 7.53. The number of hydroxylamine groups is 2. The number of rotatable bonds is 4. The molecule has 1 aromatic carbocycles. The highest BCUT2D eigenvalue weighted by Gasteiger charge is 2.25. The minimum atomic E-state index is -0.822. The number of hydrogen-bond acceptors (Lipinski definition) is 5. The Morgan fingerprint density at radius 2 is 2.19 bits per heavy atom. The summed E-state index contributed by atoms with van der Waals surface area (Å²) in [4.78, 5) is 28.9. The first kappa shape index (κ1) is 15.4. The van der Waals surface area contributed by atoms with Crippen LogP contribution in [0.1, 0.15) is 24.3 Å². The van der Waals surface area contributed by atoms with Gasteiger partial charge in [-0.2, -0.15) is 0 Å². The summed E-state index contributed by atoms with van der Waals surface area (Å²) in [5.74, 6) is -0.614. The van der Waals surface area contributed by atoms with Crippen molar-refractivity contribution in [3.05, 3.63) is 35.2 Å². The highest BCUT2D eigenvalue weighted by molar-refractivity contribution is 7.79. The SMILES string of the molecule is CC(c1cc2ccccc2s1)N(OC(=O)CC=S)C(N)=O. The van der Waals surface area contributed by atoms with Crippen molar-refractivity contribution in [2.45, 2.75) is 19.4 Å². The van der Waals surface area contributed by atoms with Gasteiger partial charge in [0.25, 0.3) is 0 Å². The standard InChI is InChI=1S/C14H14N2O3S2/c1-9(16(14(15)18)19-13(17)6-7-20)12-8-10-4-2-3-5-11(10)21-12/h2-5,7-9H,6H2,1H3,(H2,15,18). The fourth-order valence-electron chi connectivity index (χ4n) is 1.85. The summed E-state index contributed by atoms with van der Waals surface area (Å²) in [5, 5.41) is 3.19. The van der Waals surface area contributed by atoms with Crippen molar-refractivity contribution in [1.82, 2.24) is 5.06 Å². The Morgan fingerprint density at radius 1 is 1.48 bits per heavy atom. The molecule has 0 fully saturated rings. The molecule has 1 heterocycles. The lowest BCUT2D eigenvalue weighted by molar-refractivity contribution is -0.181. The lowest BCUT2D eigenvalue weighted by Gasteiger charge is -2.24. The van der Waals surface area contributed by atoms with Crippen molar-refractivity contribution in [1.29, 1.82) is 0 Å². The van der Waals surface area contributed by atoms with Crippen molar-refractivity contribution >= 4 is 51.0 Å². The number of benzene rings is 1. The zero-order valence-electron chi connectivity index (χ0n) is 11.3. The van der Waals surface area contributed by atoms with Crippen LogP contribution in [0.25, 0.3) is 10.1 Å². The number of nitrogens with two attached hydrogens (primary N) is 1. The molecule has 0 aliphatic rings. The number of hydrogen-bond donors (Lipinski definition) is 1. The van der Waals surface area contributed by atoms with E-state index in [9.17, 15) is 9.59 Å². The molecule has 7 heteroatoms. The van der Waals surface area contributed by atoms with E-state index in [1.165, 1.54) is 16.7 Å². The molecule has 0 aliphatic carbocycles. The van der Waals surface area contributed by atoms with E-state index in [0.717, 1.165) is 20.0 Å². The molecular formula is C14H14N2O3S2. The third kappa shape index (κ3) is 3.56. The molecule has 1 aromatic heterocycles. The van der Waals surface area contributed by atoms with Gasteiger partial charge < -0.3 is 10.6 Å². The van der Waals surface area contributed by atoms with Crippen molar-refractivity contribution in [3.63, 3.8) is 0 Å². The minimum absolute atomic E-state index is 0.0573. The van der Waals surface area contributed by atoms with Crippen LogP contribution in [0.3, 0.4) is 0 Å². The van der Waals surface area contributed by atoms with Crippen LogP contribution in [-0.4, -0.2) is 22.4 Å². The zero-order chi connectivity index (χ0) is 15.4. The van der Waals surface area contributed by atoms with Gasteiger partial charge >= 0.3 is 12.0 Å². The van der Waals surface area contributed by atoms with Gasteiger partial charge in [0.05, 0.1) is 6.42 Å². The molecule has 0 aliphatic heterocycles. The number of thiocarbonyl (C=S) groups is 1. The second-order valence-corrected chi connectivity index (χ2v) is 5.81. The summed E-state index contributed by atoms with van der Waals surface area (Å²) in [7, 11) is 0. The Labute approximate surface area is 131 Å². The number of fused-ring (bicyclic) bond motifs is 1. The number of primary amides is 1. The molecule has 2 amide bonds. The average Bonchev–Trinajstić information content (AvgIpc) is 2.88. The monoisotopic (exact) mass is 322 g/mol. The Balaban J connectivity index is 2.24. The first-order chi connectivity index (χ1) is 10.0.